The number of rotatable bonds is 3. The van der Waals surface area contributed by atoms with Crippen LogP contribution in [0.4, 0.5) is 0 Å². The topological polar surface area (TPSA) is 12.5 Å². The van der Waals surface area contributed by atoms with Gasteiger partial charge in [0.1, 0.15) is 6.23 Å². The average molecular weight is 234 g/mol. The first kappa shape index (κ1) is 11.8. The molecule has 0 aromatic heterocycles. The molecule has 0 N–H and O–H groups in total. The summed E-state index contributed by atoms with van der Waals surface area (Å²) in [5.74, 6) is 0. The Morgan fingerprint density at radius 3 is 2.36 bits per heavy atom. The molecule has 0 heterocycles. The van der Waals surface area contributed by atoms with E-state index in [-0.39, 0.29) is 6.23 Å². The first-order chi connectivity index (χ1) is 6.56. The van der Waals surface area contributed by atoms with Crippen LogP contribution in [-0.4, -0.2) is 26.1 Å². The smallest absolute Gasteiger partial charge is 0.137 e. The molecule has 0 saturated heterocycles. The fourth-order valence-electron chi connectivity index (χ4n) is 1.32. The highest BCUT2D eigenvalue weighted by atomic mass is 35.5. The minimum atomic E-state index is -0.139. The van der Waals surface area contributed by atoms with Gasteiger partial charge in [0.15, 0.2) is 0 Å². The van der Waals surface area contributed by atoms with Crippen LogP contribution in [0, 0.1) is 0 Å². The highest BCUT2D eigenvalue weighted by Crippen LogP contribution is 2.28. The molecule has 0 spiro atoms. The van der Waals surface area contributed by atoms with E-state index in [0.717, 1.165) is 5.56 Å². The number of hydrogen-bond acceptors (Lipinski definition) is 2. The fourth-order valence-corrected chi connectivity index (χ4v) is 1.82. The van der Waals surface area contributed by atoms with E-state index < -0.39 is 0 Å². The van der Waals surface area contributed by atoms with E-state index in [4.69, 9.17) is 27.9 Å². The summed E-state index contributed by atoms with van der Waals surface area (Å²) < 4.78 is 5.32. The maximum Gasteiger partial charge on any atom is 0.137 e. The third-order valence-corrected chi connectivity index (χ3v) is 2.48. The van der Waals surface area contributed by atoms with E-state index in [2.05, 4.69) is 0 Å². The van der Waals surface area contributed by atoms with Gasteiger partial charge in [-0.25, -0.2) is 0 Å². The van der Waals surface area contributed by atoms with Crippen LogP contribution in [0.5, 0.6) is 0 Å². The van der Waals surface area contributed by atoms with E-state index in [1.165, 1.54) is 0 Å². The van der Waals surface area contributed by atoms with Crippen LogP contribution >= 0.6 is 23.2 Å². The molecule has 78 valence electrons. The largest absolute Gasteiger partial charge is 0.362 e. The molecule has 0 bridgehead atoms. The highest BCUT2D eigenvalue weighted by Gasteiger charge is 2.15. The van der Waals surface area contributed by atoms with Crippen molar-refractivity contribution in [2.45, 2.75) is 6.23 Å². The molecule has 0 aliphatic rings. The van der Waals surface area contributed by atoms with Crippen LogP contribution in [0.15, 0.2) is 18.2 Å². The van der Waals surface area contributed by atoms with E-state index in [1.807, 2.05) is 25.1 Å². The summed E-state index contributed by atoms with van der Waals surface area (Å²) in [7, 11) is 5.51. The van der Waals surface area contributed by atoms with Gasteiger partial charge in [0.2, 0.25) is 0 Å². The molecule has 0 aliphatic carbocycles. The first-order valence-electron chi connectivity index (χ1n) is 4.20. The Labute approximate surface area is 94.4 Å². The van der Waals surface area contributed by atoms with E-state index in [1.54, 1.807) is 19.2 Å². The molecule has 2 nitrogen and oxygen atoms in total. The number of hydrogen-bond donors (Lipinski definition) is 0. The van der Waals surface area contributed by atoms with E-state index in [0.29, 0.717) is 10.0 Å². The second-order valence-electron chi connectivity index (χ2n) is 3.22. The Morgan fingerprint density at radius 1 is 1.29 bits per heavy atom. The third-order valence-electron chi connectivity index (χ3n) is 1.92. The molecular formula is C10H13Cl2NO. The van der Waals surface area contributed by atoms with Gasteiger partial charge in [-0.2, -0.15) is 0 Å². The molecule has 0 aliphatic heterocycles. The molecule has 0 fully saturated rings. The van der Waals surface area contributed by atoms with Gasteiger partial charge in [0.05, 0.1) is 0 Å². The number of benzene rings is 1. The average Bonchev–Trinajstić information content (AvgIpc) is 2.09. The fraction of sp³-hybridized carbons (Fsp3) is 0.400. The molecule has 0 radical (unpaired) electrons. The second-order valence-corrected chi connectivity index (χ2v) is 4.06. The number of methoxy groups -OCH3 is 1. The van der Waals surface area contributed by atoms with Crippen molar-refractivity contribution in [3.63, 3.8) is 0 Å². The molecule has 1 aromatic rings. The van der Waals surface area contributed by atoms with Crippen LogP contribution in [0.25, 0.3) is 0 Å². The van der Waals surface area contributed by atoms with Gasteiger partial charge in [-0.05, 0) is 26.2 Å². The van der Waals surface area contributed by atoms with Crippen LogP contribution in [0.2, 0.25) is 10.0 Å². The van der Waals surface area contributed by atoms with Gasteiger partial charge in [0.25, 0.3) is 0 Å². The number of ether oxygens (including phenoxy) is 1. The quantitative estimate of drug-likeness (QED) is 0.744. The summed E-state index contributed by atoms with van der Waals surface area (Å²) in [5.41, 5.74) is 0.920. The lowest BCUT2D eigenvalue weighted by atomic mass is 10.2. The summed E-state index contributed by atoms with van der Waals surface area (Å²) in [6.07, 6.45) is -0.139. The van der Waals surface area contributed by atoms with E-state index in [9.17, 15) is 0 Å². The van der Waals surface area contributed by atoms with Crippen molar-refractivity contribution in [3.05, 3.63) is 33.8 Å². The summed E-state index contributed by atoms with van der Waals surface area (Å²) >= 11 is 11.9. The minimum absolute atomic E-state index is 0.139. The second kappa shape index (κ2) is 4.99. The molecule has 0 saturated carbocycles. The van der Waals surface area contributed by atoms with Gasteiger partial charge in [-0.3, -0.25) is 4.90 Å². The van der Waals surface area contributed by atoms with Crippen LogP contribution in [0.3, 0.4) is 0 Å². The molecule has 1 rings (SSSR count). The molecule has 4 heteroatoms. The van der Waals surface area contributed by atoms with Crippen molar-refractivity contribution >= 4 is 23.2 Å². The van der Waals surface area contributed by atoms with Crippen LogP contribution in [0.1, 0.15) is 11.8 Å². The maximum atomic E-state index is 6.06. The summed E-state index contributed by atoms with van der Waals surface area (Å²) in [6.45, 7) is 0. The Bertz CT molecular complexity index is 315. The zero-order valence-electron chi connectivity index (χ0n) is 8.42. The van der Waals surface area contributed by atoms with Gasteiger partial charge >= 0.3 is 0 Å². The maximum absolute atomic E-state index is 6.06. The van der Waals surface area contributed by atoms with Gasteiger partial charge in [0, 0.05) is 22.7 Å². The van der Waals surface area contributed by atoms with Gasteiger partial charge in [-0.1, -0.05) is 29.3 Å². The van der Waals surface area contributed by atoms with Gasteiger partial charge < -0.3 is 4.74 Å². The standard InChI is InChI=1S/C10H13Cl2NO/c1-13(2)10(14-3)8-5-4-7(11)6-9(8)12/h4-6,10H,1-3H3. The SMILES string of the molecule is COC(c1ccc(Cl)cc1Cl)N(C)C. The van der Waals surface area contributed by atoms with Crippen molar-refractivity contribution in [1.82, 2.24) is 4.90 Å². The van der Waals surface area contributed by atoms with Crippen LogP contribution < -0.4 is 0 Å². The van der Waals surface area contributed by atoms with Crippen molar-refractivity contribution in [1.29, 1.82) is 0 Å². The monoisotopic (exact) mass is 233 g/mol. The molecular weight excluding hydrogens is 221 g/mol. The predicted molar refractivity (Wildman–Crippen MR) is 59.9 cm³/mol. The number of nitrogens with zero attached hydrogens (tertiary/aromatic N) is 1. The molecule has 14 heavy (non-hydrogen) atoms. The highest BCUT2D eigenvalue weighted by molar-refractivity contribution is 6.35. The van der Waals surface area contributed by atoms with E-state index >= 15 is 0 Å². The summed E-state index contributed by atoms with van der Waals surface area (Å²) in [5, 5.41) is 1.26. The zero-order valence-corrected chi connectivity index (χ0v) is 9.93. The van der Waals surface area contributed by atoms with Gasteiger partial charge in [-0.15, -0.1) is 0 Å². The Morgan fingerprint density at radius 2 is 1.93 bits per heavy atom. The lowest BCUT2D eigenvalue weighted by Gasteiger charge is -2.23. The minimum Gasteiger partial charge on any atom is -0.362 e. The van der Waals surface area contributed by atoms with Crippen LogP contribution in [-0.2, 0) is 4.74 Å². The summed E-state index contributed by atoms with van der Waals surface area (Å²) in [4.78, 5) is 1.94. The van der Waals surface area contributed by atoms with Crippen molar-refractivity contribution in [2.75, 3.05) is 21.2 Å². The normalized spacial score (nSPS) is 13.3. The Kier molecular flexibility index (Phi) is 4.20. The predicted octanol–water partition coefficient (Wildman–Crippen LogP) is 3.20. The first-order valence-corrected chi connectivity index (χ1v) is 4.96. The van der Waals surface area contributed by atoms with Crippen molar-refractivity contribution < 1.29 is 4.74 Å². The Hall–Kier alpha value is -0.280. The van der Waals surface area contributed by atoms with Crippen molar-refractivity contribution in [2.24, 2.45) is 0 Å². The van der Waals surface area contributed by atoms with Crippen molar-refractivity contribution in [3.8, 4) is 0 Å². The summed E-state index contributed by atoms with van der Waals surface area (Å²) in [6, 6.07) is 5.39. The molecule has 1 aromatic carbocycles. The molecule has 0 amide bonds. The zero-order chi connectivity index (χ0) is 10.7. The lowest BCUT2D eigenvalue weighted by Crippen LogP contribution is -2.21. The number of halogens is 2. The Balaban J connectivity index is 3.04. The molecule has 1 atom stereocenters. The lowest BCUT2D eigenvalue weighted by molar-refractivity contribution is -0.00532. The molecule has 1 unspecified atom stereocenters. The third kappa shape index (κ3) is 2.61.